The van der Waals surface area contributed by atoms with Crippen molar-refractivity contribution < 1.29 is 0 Å². The minimum Gasteiger partial charge on any atom is -0.350 e. The van der Waals surface area contributed by atoms with Crippen LogP contribution in [0.2, 0.25) is 0 Å². The van der Waals surface area contributed by atoms with Gasteiger partial charge in [-0.15, -0.1) is 0 Å². The minimum atomic E-state index is 0.602. The molecule has 0 aliphatic carbocycles. The maximum atomic E-state index is 3.59. The monoisotopic (exact) mass is 222 g/mol. The molecule has 0 radical (unpaired) electrons. The van der Waals surface area contributed by atoms with E-state index in [1.54, 1.807) is 0 Å². The fraction of sp³-hybridized carbons (Fsp3) is 0.714. The van der Waals surface area contributed by atoms with Gasteiger partial charge in [0, 0.05) is 31.0 Å². The van der Waals surface area contributed by atoms with E-state index in [1.807, 2.05) is 0 Å². The van der Waals surface area contributed by atoms with Crippen LogP contribution in [0.15, 0.2) is 18.3 Å². The molecule has 0 amide bonds. The largest absolute Gasteiger partial charge is 0.350 e. The lowest BCUT2D eigenvalue weighted by Crippen LogP contribution is -2.27. The molecule has 0 saturated heterocycles. The molecule has 92 valence electrons. The molecule has 0 saturated carbocycles. The zero-order valence-electron chi connectivity index (χ0n) is 11.2. The number of hydrogen-bond acceptors (Lipinski definition) is 1. The van der Waals surface area contributed by atoms with E-state index in [9.17, 15) is 0 Å². The molecule has 1 aromatic heterocycles. The summed E-state index contributed by atoms with van der Waals surface area (Å²) in [5.41, 5.74) is 1.40. The van der Waals surface area contributed by atoms with Crippen LogP contribution in [0.1, 0.15) is 46.2 Å². The number of hydrogen-bond donors (Lipinski definition) is 1. The molecule has 1 aromatic rings. The van der Waals surface area contributed by atoms with Gasteiger partial charge in [0.05, 0.1) is 0 Å². The zero-order valence-corrected chi connectivity index (χ0v) is 11.2. The molecule has 1 atom stereocenters. The van der Waals surface area contributed by atoms with Crippen LogP contribution in [0.5, 0.6) is 0 Å². The number of rotatable bonds is 7. The van der Waals surface area contributed by atoms with Gasteiger partial charge in [0.15, 0.2) is 0 Å². The number of nitrogens with zero attached hydrogens (tertiary/aromatic N) is 1. The number of nitrogens with one attached hydrogen (secondary N) is 1. The van der Waals surface area contributed by atoms with Crippen LogP contribution in [0.3, 0.4) is 0 Å². The summed E-state index contributed by atoms with van der Waals surface area (Å²) in [4.78, 5) is 0. The first kappa shape index (κ1) is 13.3. The van der Waals surface area contributed by atoms with Crippen LogP contribution >= 0.6 is 0 Å². The Kier molecular flexibility index (Phi) is 5.61. The standard InChI is InChI=1S/C14H26N2/c1-5-8-16-9-6-7-14(16)11-15-13(4)10-12(2)3/h6-7,9,12-13,15H,5,8,10-11H2,1-4H3. The van der Waals surface area contributed by atoms with Crippen molar-refractivity contribution in [2.75, 3.05) is 0 Å². The lowest BCUT2D eigenvalue weighted by atomic mass is 10.1. The van der Waals surface area contributed by atoms with Crippen molar-refractivity contribution in [3.63, 3.8) is 0 Å². The highest BCUT2D eigenvalue weighted by Gasteiger charge is 2.05. The number of aryl methyl sites for hydroxylation is 1. The second-order valence-corrected chi connectivity index (χ2v) is 5.10. The summed E-state index contributed by atoms with van der Waals surface area (Å²) in [5.74, 6) is 0.768. The van der Waals surface area contributed by atoms with E-state index in [1.165, 1.54) is 18.5 Å². The molecular formula is C14H26N2. The first-order valence-corrected chi connectivity index (χ1v) is 6.50. The van der Waals surface area contributed by atoms with Gasteiger partial charge in [-0.3, -0.25) is 0 Å². The Balaban J connectivity index is 2.38. The fourth-order valence-electron chi connectivity index (χ4n) is 2.14. The van der Waals surface area contributed by atoms with E-state index in [4.69, 9.17) is 0 Å². The molecule has 0 aromatic carbocycles. The van der Waals surface area contributed by atoms with Crippen molar-refractivity contribution in [2.45, 2.75) is 59.7 Å². The molecule has 2 nitrogen and oxygen atoms in total. The van der Waals surface area contributed by atoms with Crippen LogP contribution < -0.4 is 5.32 Å². The molecule has 1 N–H and O–H groups in total. The molecular weight excluding hydrogens is 196 g/mol. The average molecular weight is 222 g/mol. The van der Waals surface area contributed by atoms with Gasteiger partial charge in [-0.05, 0) is 37.8 Å². The highest BCUT2D eigenvalue weighted by molar-refractivity contribution is 5.06. The summed E-state index contributed by atoms with van der Waals surface area (Å²) in [5, 5.41) is 3.59. The van der Waals surface area contributed by atoms with Crippen LogP contribution in [-0.2, 0) is 13.1 Å². The van der Waals surface area contributed by atoms with Crippen LogP contribution in [0, 0.1) is 5.92 Å². The Labute approximate surface area is 100 Å². The second kappa shape index (κ2) is 6.74. The normalized spacial score (nSPS) is 13.3. The zero-order chi connectivity index (χ0) is 12.0. The van der Waals surface area contributed by atoms with Gasteiger partial charge in [-0.2, -0.15) is 0 Å². The summed E-state index contributed by atoms with van der Waals surface area (Å²) in [6, 6.07) is 4.95. The summed E-state index contributed by atoms with van der Waals surface area (Å²) >= 11 is 0. The van der Waals surface area contributed by atoms with Gasteiger partial charge in [0.2, 0.25) is 0 Å². The van der Waals surface area contributed by atoms with E-state index in [0.717, 1.165) is 19.0 Å². The summed E-state index contributed by atoms with van der Waals surface area (Å²) in [6.07, 6.45) is 4.62. The molecule has 1 rings (SSSR count). The van der Waals surface area contributed by atoms with E-state index in [2.05, 4.69) is 55.9 Å². The molecule has 0 spiro atoms. The second-order valence-electron chi connectivity index (χ2n) is 5.10. The Morgan fingerprint density at radius 1 is 1.31 bits per heavy atom. The maximum Gasteiger partial charge on any atom is 0.0361 e. The Hall–Kier alpha value is -0.760. The first-order valence-electron chi connectivity index (χ1n) is 6.50. The van der Waals surface area contributed by atoms with Gasteiger partial charge < -0.3 is 9.88 Å². The van der Waals surface area contributed by atoms with E-state index < -0.39 is 0 Å². The topological polar surface area (TPSA) is 17.0 Å². The minimum absolute atomic E-state index is 0.602. The van der Waals surface area contributed by atoms with Gasteiger partial charge >= 0.3 is 0 Å². The van der Waals surface area contributed by atoms with E-state index in [-0.39, 0.29) is 0 Å². The van der Waals surface area contributed by atoms with Crippen molar-refractivity contribution in [1.82, 2.24) is 9.88 Å². The molecule has 1 unspecified atom stereocenters. The Bertz CT molecular complexity index is 289. The van der Waals surface area contributed by atoms with E-state index in [0.29, 0.717) is 6.04 Å². The summed E-state index contributed by atoms with van der Waals surface area (Å²) < 4.78 is 2.34. The quantitative estimate of drug-likeness (QED) is 0.748. The van der Waals surface area contributed by atoms with Crippen molar-refractivity contribution in [2.24, 2.45) is 5.92 Å². The Morgan fingerprint density at radius 3 is 2.69 bits per heavy atom. The van der Waals surface area contributed by atoms with Crippen LogP contribution in [-0.4, -0.2) is 10.6 Å². The predicted molar refractivity (Wildman–Crippen MR) is 70.5 cm³/mol. The molecule has 0 aliphatic heterocycles. The third-order valence-corrected chi connectivity index (χ3v) is 2.84. The molecule has 0 fully saturated rings. The third kappa shape index (κ3) is 4.40. The number of aromatic nitrogens is 1. The van der Waals surface area contributed by atoms with Gasteiger partial charge in [0.25, 0.3) is 0 Å². The van der Waals surface area contributed by atoms with Crippen LogP contribution in [0.25, 0.3) is 0 Å². The lowest BCUT2D eigenvalue weighted by molar-refractivity contribution is 0.434. The smallest absolute Gasteiger partial charge is 0.0361 e. The maximum absolute atomic E-state index is 3.59. The molecule has 0 bridgehead atoms. The van der Waals surface area contributed by atoms with Crippen LogP contribution in [0.4, 0.5) is 0 Å². The average Bonchev–Trinajstić information content (AvgIpc) is 2.62. The third-order valence-electron chi connectivity index (χ3n) is 2.84. The van der Waals surface area contributed by atoms with Gasteiger partial charge in [0.1, 0.15) is 0 Å². The summed E-state index contributed by atoms with van der Waals surface area (Å²) in [7, 11) is 0. The lowest BCUT2D eigenvalue weighted by Gasteiger charge is -2.16. The highest BCUT2D eigenvalue weighted by Crippen LogP contribution is 2.07. The molecule has 2 heteroatoms. The first-order chi connectivity index (χ1) is 7.63. The fourth-order valence-corrected chi connectivity index (χ4v) is 2.14. The van der Waals surface area contributed by atoms with Crippen molar-refractivity contribution >= 4 is 0 Å². The highest BCUT2D eigenvalue weighted by atomic mass is 15.0. The van der Waals surface area contributed by atoms with Crippen molar-refractivity contribution in [1.29, 1.82) is 0 Å². The molecule has 16 heavy (non-hydrogen) atoms. The Morgan fingerprint density at radius 2 is 2.06 bits per heavy atom. The summed E-state index contributed by atoms with van der Waals surface area (Å²) in [6.45, 7) is 11.2. The molecule has 1 heterocycles. The van der Waals surface area contributed by atoms with Gasteiger partial charge in [-0.25, -0.2) is 0 Å². The SMILES string of the molecule is CCCn1cccc1CNC(C)CC(C)C. The predicted octanol–water partition coefficient (Wildman–Crippen LogP) is 3.42. The van der Waals surface area contributed by atoms with Crippen molar-refractivity contribution in [3.05, 3.63) is 24.0 Å². The molecule has 0 aliphatic rings. The van der Waals surface area contributed by atoms with E-state index >= 15 is 0 Å². The van der Waals surface area contributed by atoms with Gasteiger partial charge in [-0.1, -0.05) is 20.8 Å². The van der Waals surface area contributed by atoms with Crippen molar-refractivity contribution in [3.8, 4) is 0 Å².